The van der Waals surface area contributed by atoms with Gasteiger partial charge in [-0.05, 0) is 150 Å². The van der Waals surface area contributed by atoms with Gasteiger partial charge in [-0.3, -0.25) is 19.2 Å². The Morgan fingerprint density at radius 3 is 1.08 bits per heavy atom. The highest BCUT2D eigenvalue weighted by Crippen LogP contribution is 2.46. The molecule has 6 fully saturated rings. The Morgan fingerprint density at radius 1 is 0.429 bits per heavy atom. The van der Waals surface area contributed by atoms with Gasteiger partial charge in [-0.25, -0.2) is 0 Å². The fraction of sp³-hybridized carbons (Fsp3) is 0.948. The first-order chi connectivity index (χ1) is 48.5. The Bertz CT molecular complexity index is 2750. The molecule has 0 amide bonds. The Kier molecular flexibility index (Phi) is 33.5. The fourth-order valence-corrected chi connectivity index (χ4v) is 17.6. The molecule has 28 nitrogen and oxygen atoms in total. The summed E-state index contributed by atoms with van der Waals surface area (Å²) in [6.07, 6.45) is -16.4. The standard InChI is InChI=1S/C39H71NO13.C38H69NO13/c1-16-27-39(10,45)34(46-13)22(4)29(41)20(2)18-38(9,48-15)33(53-36-30(42)26(40(11)12)17-21(3)49-36)23(5)31(24(6)35(44)51-27)52-28-19-37(8,47-14)32(43)25(7)50-28;1-15-26-38(10,45)31(42)21(4)28(40)19(2)17-37(9,47-14)33(52-35-29(41)25(39(11)12)16-20(3)48-35)22(5)30(23(6)34(44)50-26)51-27-18-36(8,46-13)32(43)24(7)49-27/h20-28,30-34,36,42-43,45H,16-19H2,1-15H3;19-27,29-33,35,41-43,45H,15-18H2,1-14H3/t20-,21-,22+,23+,24-,25+,26+,27-,28+,30-,31+,32+,33-,34-,36+,37-,38+,39-;19-,20-,21+,22+,23-,24+,25+,26-,27+,29-,30+,31-,32+,33-,35+,36-,37+,38-/m11/s1. The smallest absolute Gasteiger partial charge is 0.311 e. The van der Waals surface area contributed by atoms with Gasteiger partial charge in [0, 0.05) is 96.0 Å². The summed E-state index contributed by atoms with van der Waals surface area (Å²) in [6.45, 7) is 34.7. The SMILES string of the molecule is CC[C@H]1OC(=O)[C@H](C)[C@@H](O[C@H]2C[C@@](C)(OC)[C@@H](O)[C@H](C)O2)[C@H](C)[C@@H](O[C@@H]2O[C@H](C)C[C@H](N(C)C)[C@H]2O)[C@@](C)(OC)C[C@@H](C)C(=O)[C@H](C)[C@@H](O)[C@]1(C)O.CC[C@H]1OC(=O)[C@H](C)[C@@H](O[C@H]2C[C@@](C)(OC)[C@@H](O)[C@H](C)O2)[C@H](C)[C@@H](O[C@@H]2O[C@H](C)C[C@H](N(C)C)[C@H]2O)[C@@](C)(OC)C[C@@H](C)C(=O)[C@H](C)[C@@H](OC)[C@]1(C)O. The van der Waals surface area contributed by atoms with Crippen molar-refractivity contribution in [2.45, 2.75) is 358 Å². The van der Waals surface area contributed by atoms with Crippen molar-refractivity contribution in [3.05, 3.63) is 0 Å². The molecule has 0 aliphatic carbocycles. The summed E-state index contributed by atoms with van der Waals surface area (Å²) < 4.78 is 93.9. The van der Waals surface area contributed by atoms with Gasteiger partial charge in [0.15, 0.2) is 25.2 Å². The summed E-state index contributed by atoms with van der Waals surface area (Å²) >= 11 is 0. The topological polar surface area (TPSA) is 355 Å². The van der Waals surface area contributed by atoms with Gasteiger partial charge < -0.3 is 117 Å². The first-order valence-corrected chi connectivity index (χ1v) is 38.2. The molecule has 0 aromatic rings. The molecule has 6 aliphatic heterocycles. The summed E-state index contributed by atoms with van der Waals surface area (Å²) in [5, 5.41) is 80.1. The van der Waals surface area contributed by atoms with Gasteiger partial charge >= 0.3 is 11.9 Å². The van der Waals surface area contributed by atoms with Gasteiger partial charge in [0.2, 0.25) is 0 Å². The number of rotatable bonds is 17. The number of carbonyl (C=O) groups is 4. The van der Waals surface area contributed by atoms with E-state index in [0.29, 0.717) is 12.8 Å². The van der Waals surface area contributed by atoms with Crippen LogP contribution in [-0.4, -0.2) is 301 Å². The highest BCUT2D eigenvalue weighted by Gasteiger charge is 2.58. The van der Waals surface area contributed by atoms with E-state index in [0.717, 1.165) is 0 Å². The molecule has 6 rings (SSSR count). The van der Waals surface area contributed by atoms with E-state index in [9.17, 15) is 54.9 Å². The maximum absolute atomic E-state index is 14.3. The molecule has 105 heavy (non-hydrogen) atoms. The van der Waals surface area contributed by atoms with Crippen LogP contribution in [0.2, 0.25) is 0 Å². The van der Waals surface area contributed by atoms with Crippen LogP contribution in [0.25, 0.3) is 0 Å². The van der Waals surface area contributed by atoms with Gasteiger partial charge in [0.1, 0.15) is 59.4 Å². The third-order valence-corrected chi connectivity index (χ3v) is 24.7. The van der Waals surface area contributed by atoms with Crippen LogP contribution in [0.15, 0.2) is 0 Å². The number of ketones is 2. The van der Waals surface area contributed by atoms with Crippen molar-refractivity contribution in [3.8, 4) is 0 Å². The minimum absolute atomic E-state index is 0.111. The van der Waals surface area contributed by atoms with Crippen molar-refractivity contribution < 1.29 is 126 Å². The van der Waals surface area contributed by atoms with Crippen LogP contribution in [0, 0.1) is 47.3 Å². The Labute approximate surface area is 626 Å². The highest BCUT2D eigenvalue weighted by molar-refractivity contribution is 5.84. The molecular formula is C77H140N2O26. The minimum atomic E-state index is -1.96. The van der Waals surface area contributed by atoms with E-state index in [-0.39, 0.29) is 74.4 Å². The van der Waals surface area contributed by atoms with Crippen molar-refractivity contribution in [2.75, 3.05) is 63.7 Å². The van der Waals surface area contributed by atoms with Gasteiger partial charge in [-0.15, -0.1) is 0 Å². The predicted octanol–water partition coefficient (Wildman–Crippen LogP) is 5.53. The van der Waals surface area contributed by atoms with E-state index in [1.165, 1.54) is 49.4 Å². The van der Waals surface area contributed by atoms with Gasteiger partial charge in [0.05, 0.1) is 95.3 Å². The van der Waals surface area contributed by atoms with Crippen molar-refractivity contribution in [1.29, 1.82) is 0 Å². The average Bonchev–Trinajstić information content (AvgIpc) is 0.772. The number of hydrogen-bond donors (Lipinski definition) is 7. The van der Waals surface area contributed by atoms with Gasteiger partial charge in [0.25, 0.3) is 0 Å². The number of likely N-dealkylation sites (N-methyl/N-ethyl adjacent to an activating group) is 2. The number of aliphatic hydroxyl groups is 7. The van der Waals surface area contributed by atoms with E-state index in [1.807, 2.05) is 79.5 Å². The summed E-state index contributed by atoms with van der Waals surface area (Å²) in [6, 6.07) is -0.553. The zero-order valence-electron chi connectivity index (χ0n) is 68.8. The summed E-state index contributed by atoms with van der Waals surface area (Å²) in [7, 11) is 15.0. The van der Waals surface area contributed by atoms with E-state index >= 15 is 0 Å². The van der Waals surface area contributed by atoms with Crippen molar-refractivity contribution in [3.63, 3.8) is 0 Å². The van der Waals surface area contributed by atoms with Crippen molar-refractivity contribution in [1.82, 2.24) is 9.80 Å². The molecule has 0 saturated carbocycles. The first-order valence-electron chi connectivity index (χ1n) is 38.2. The third-order valence-electron chi connectivity index (χ3n) is 24.7. The largest absolute Gasteiger partial charge is 0.459 e. The molecule has 7 N–H and O–H groups in total. The number of aliphatic hydroxyl groups excluding tert-OH is 5. The lowest BCUT2D eigenvalue weighted by Gasteiger charge is -2.50. The van der Waals surface area contributed by atoms with E-state index in [1.54, 1.807) is 83.1 Å². The molecule has 0 bridgehead atoms. The normalized spacial score (nSPS) is 48.7. The van der Waals surface area contributed by atoms with E-state index in [2.05, 4.69) is 0 Å². The van der Waals surface area contributed by atoms with Crippen LogP contribution in [-0.2, 0) is 90.2 Å². The lowest BCUT2D eigenvalue weighted by molar-refractivity contribution is -0.319. The lowest BCUT2D eigenvalue weighted by atomic mass is 9.73. The molecule has 36 atom stereocenters. The molecule has 0 aromatic carbocycles. The monoisotopic (exact) mass is 1510 g/mol. The van der Waals surface area contributed by atoms with Crippen molar-refractivity contribution in [2.24, 2.45) is 47.3 Å². The molecule has 0 unspecified atom stereocenters. The molecule has 614 valence electrons. The lowest BCUT2D eigenvalue weighted by Crippen LogP contribution is -2.61. The number of nitrogens with zero attached hydrogens (tertiary/aromatic N) is 2. The average molecular weight is 1510 g/mol. The van der Waals surface area contributed by atoms with Crippen LogP contribution in [0.3, 0.4) is 0 Å². The van der Waals surface area contributed by atoms with Crippen LogP contribution in [0.5, 0.6) is 0 Å². The van der Waals surface area contributed by atoms with E-state index in [4.69, 9.17) is 71.1 Å². The zero-order chi connectivity index (χ0) is 80.0. The molecule has 6 saturated heterocycles. The second kappa shape index (κ2) is 37.8. The Balaban J connectivity index is 0.000000377. The molecule has 28 heteroatoms. The first kappa shape index (κ1) is 93.0. The summed E-state index contributed by atoms with van der Waals surface area (Å²) in [4.78, 5) is 60.5. The van der Waals surface area contributed by atoms with Gasteiger partial charge in [-0.2, -0.15) is 0 Å². The highest BCUT2D eigenvalue weighted by atomic mass is 16.7. The molecule has 6 heterocycles. The third kappa shape index (κ3) is 20.8. The number of esters is 2. The number of methoxy groups -OCH3 is 5. The zero-order valence-corrected chi connectivity index (χ0v) is 68.8. The summed E-state index contributed by atoms with van der Waals surface area (Å²) in [5.74, 6) is -8.35. The molecular weight excluding hydrogens is 1370 g/mol. The van der Waals surface area contributed by atoms with Crippen LogP contribution < -0.4 is 0 Å². The quantitative estimate of drug-likeness (QED) is 0.0880. The van der Waals surface area contributed by atoms with E-state index < -0.39 is 204 Å². The number of Topliss-reactive ketones (excluding diaryl/α,β-unsaturated/α-hetero) is 2. The fourth-order valence-electron chi connectivity index (χ4n) is 17.6. The molecule has 0 radical (unpaired) electrons. The number of carbonyl (C=O) groups excluding carboxylic acids is 4. The Hall–Kier alpha value is -2.60. The molecule has 0 aromatic heterocycles. The summed E-state index contributed by atoms with van der Waals surface area (Å²) in [5.41, 5.74) is -8.21. The van der Waals surface area contributed by atoms with Gasteiger partial charge in [-0.1, -0.05) is 55.4 Å². The second-order valence-corrected chi connectivity index (χ2v) is 33.5. The van der Waals surface area contributed by atoms with Crippen LogP contribution >= 0.6 is 0 Å². The number of hydrogen-bond acceptors (Lipinski definition) is 28. The Morgan fingerprint density at radius 2 is 0.762 bits per heavy atom. The van der Waals surface area contributed by atoms with Crippen molar-refractivity contribution >= 4 is 23.5 Å². The molecule has 6 aliphatic rings. The van der Waals surface area contributed by atoms with Crippen LogP contribution in [0.4, 0.5) is 0 Å². The van der Waals surface area contributed by atoms with Crippen LogP contribution in [0.1, 0.15) is 190 Å². The minimum Gasteiger partial charge on any atom is -0.459 e. The predicted molar refractivity (Wildman–Crippen MR) is 387 cm³/mol. The molecule has 0 spiro atoms. The maximum Gasteiger partial charge on any atom is 0.311 e. The number of cyclic esters (lactones) is 2. The number of ether oxygens (including phenoxy) is 15. The maximum atomic E-state index is 14.3. The second-order valence-electron chi connectivity index (χ2n) is 33.5.